The Kier molecular flexibility index (Phi) is 5.50. The summed E-state index contributed by atoms with van der Waals surface area (Å²) in [5.41, 5.74) is 1.84. The summed E-state index contributed by atoms with van der Waals surface area (Å²) in [5, 5.41) is 10.2. The lowest BCUT2D eigenvalue weighted by Gasteiger charge is -2.29. The molecule has 1 aromatic carbocycles. The Hall–Kier alpha value is -1.89. The van der Waals surface area contributed by atoms with Crippen LogP contribution in [0.5, 0.6) is 0 Å². The van der Waals surface area contributed by atoms with Gasteiger partial charge < -0.3 is 19.2 Å². The summed E-state index contributed by atoms with van der Waals surface area (Å²) < 4.78 is 11.0. The Morgan fingerprint density at radius 2 is 2.04 bits per heavy atom. The van der Waals surface area contributed by atoms with E-state index in [4.69, 9.17) is 9.15 Å². The van der Waals surface area contributed by atoms with Gasteiger partial charge in [-0.25, -0.2) is 0 Å². The molecule has 3 rings (SSSR count). The molecule has 0 saturated carbocycles. The van der Waals surface area contributed by atoms with Gasteiger partial charge in [0.25, 0.3) is 5.91 Å². The number of morpholine rings is 1. The topological polar surface area (TPSA) is 66.2 Å². The highest BCUT2D eigenvalue weighted by Crippen LogP contribution is 2.21. The maximum Gasteiger partial charge on any atom is 0.289 e. The van der Waals surface area contributed by atoms with Gasteiger partial charge in [-0.3, -0.25) is 9.69 Å². The minimum absolute atomic E-state index is 0.0613. The smallest absolute Gasteiger partial charge is 0.289 e. The molecule has 6 heteroatoms. The van der Waals surface area contributed by atoms with Crippen LogP contribution >= 0.6 is 0 Å². The van der Waals surface area contributed by atoms with E-state index in [1.54, 1.807) is 11.0 Å². The van der Waals surface area contributed by atoms with E-state index in [9.17, 15) is 9.90 Å². The number of aliphatic hydroxyl groups is 1. The lowest BCUT2D eigenvalue weighted by atomic mass is 10.2. The van der Waals surface area contributed by atoms with Crippen LogP contribution in [0.25, 0.3) is 11.0 Å². The molecule has 0 unspecified atom stereocenters. The third-order valence-corrected chi connectivity index (χ3v) is 4.33. The molecule has 0 spiro atoms. The Balaban J connectivity index is 1.69. The standard InChI is InChI=1S/C18H24N2O4/c1-14-2-3-16-15(12-14)13-17(24-16)18(22)20(6-9-21)5-4-19-7-10-23-11-8-19/h2-3,12-13,21H,4-11H2,1H3. The molecule has 2 aromatic rings. The third-order valence-electron chi connectivity index (χ3n) is 4.33. The Morgan fingerprint density at radius 1 is 1.25 bits per heavy atom. The second kappa shape index (κ2) is 7.79. The largest absolute Gasteiger partial charge is 0.451 e. The van der Waals surface area contributed by atoms with Crippen molar-refractivity contribution in [3.8, 4) is 0 Å². The Morgan fingerprint density at radius 3 is 2.79 bits per heavy atom. The van der Waals surface area contributed by atoms with Gasteiger partial charge in [-0.1, -0.05) is 11.6 Å². The molecule has 2 heterocycles. The zero-order valence-electron chi connectivity index (χ0n) is 14.0. The zero-order valence-corrected chi connectivity index (χ0v) is 14.0. The average molecular weight is 332 g/mol. The van der Waals surface area contributed by atoms with Gasteiger partial charge in [-0.05, 0) is 25.1 Å². The second-order valence-electron chi connectivity index (χ2n) is 6.12. The molecule has 0 aliphatic carbocycles. The number of fused-ring (bicyclic) bond motifs is 1. The third kappa shape index (κ3) is 3.95. The number of amides is 1. The van der Waals surface area contributed by atoms with Crippen LogP contribution in [0.4, 0.5) is 0 Å². The molecule has 1 N–H and O–H groups in total. The van der Waals surface area contributed by atoms with Gasteiger partial charge in [0.1, 0.15) is 5.58 Å². The number of carbonyl (C=O) groups excluding carboxylic acids is 1. The van der Waals surface area contributed by atoms with Crippen LogP contribution in [-0.4, -0.2) is 73.4 Å². The summed E-state index contributed by atoms with van der Waals surface area (Å²) in [6.45, 7) is 6.82. The number of aliphatic hydroxyl groups excluding tert-OH is 1. The predicted octanol–water partition coefficient (Wildman–Crippen LogP) is 1.51. The number of ether oxygens (including phenoxy) is 1. The van der Waals surface area contributed by atoms with Crippen LogP contribution in [0, 0.1) is 6.92 Å². The summed E-state index contributed by atoms with van der Waals surface area (Å²) in [6.07, 6.45) is 0. The van der Waals surface area contributed by atoms with Gasteiger partial charge in [-0.2, -0.15) is 0 Å². The SMILES string of the molecule is Cc1ccc2oc(C(=O)N(CCO)CCN3CCOCC3)cc2c1. The molecule has 130 valence electrons. The number of rotatable bonds is 6. The molecule has 24 heavy (non-hydrogen) atoms. The maximum absolute atomic E-state index is 12.7. The summed E-state index contributed by atoms with van der Waals surface area (Å²) in [4.78, 5) is 16.7. The van der Waals surface area contributed by atoms with Crippen molar-refractivity contribution in [1.29, 1.82) is 0 Å². The summed E-state index contributed by atoms with van der Waals surface area (Å²) >= 11 is 0. The highest BCUT2D eigenvalue weighted by atomic mass is 16.5. The lowest BCUT2D eigenvalue weighted by Crippen LogP contribution is -2.43. The fourth-order valence-electron chi connectivity index (χ4n) is 2.95. The molecular formula is C18H24N2O4. The molecule has 1 aromatic heterocycles. The van der Waals surface area contributed by atoms with Crippen LogP contribution < -0.4 is 0 Å². The monoisotopic (exact) mass is 332 g/mol. The fourth-order valence-corrected chi connectivity index (χ4v) is 2.95. The summed E-state index contributed by atoms with van der Waals surface area (Å²) in [6, 6.07) is 7.62. The molecule has 1 saturated heterocycles. The predicted molar refractivity (Wildman–Crippen MR) is 91.2 cm³/mol. The average Bonchev–Trinajstić information content (AvgIpc) is 3.02. The van der Waals surface area contributed by atoms with Gasteiger partial charge in [0.2, 0.25) is 0 Å². The number of carbonyl (C=O) groups is 1. The van der Waals surface area contributed by atoms with Gasteiger partial charge in [0.05, 0.1) is 19.8 Å². The van der Waals surface area contributed by atoms with E-state index < -0.39 is 0 Å². The number of hydrogen-bond donors (Lipinski definition) is 1. The van der Waals surface area contributed by atoms with E-state index in [1.807, 2.05) is 25.1 Å². The number of hydrogen-bond acceptors (Lipinski definition) is 5. The van der Waals surface area contributed by atoms with Crippen molar-refractivity contribution in [2.45, 2.75) is 6.92 Å². The maximum atomic E-state index is 12.7. The van der Waals surface area contributed by atoms with E-state index in [1.165, 1.54) is 0 Å². The first kappa shape index (κ1) is 17.0. The lowest BCUT2D eigenvalue weighted by molar-refractivity contribution is 0.0311. The van der Waals surface area contributed by atoms with E-state index in [2.05, 4.69) is 4.90 Å². The quantitative estimate of drug-likeness (QED) is 0.868. The molecule has 6 nitrogen and oxygen atoms in total. The molecule has 0 radical (unpaired) electrons. The summed E-state index contributed by atoms with van der Waals surface area (Å²) in [7, 11) is 0. The van der Waals surface area contributed by atoms with Crippen LogP contribution in [-0.2, 0) is 4.74 Å². The Labute approximate surface area is 141 Å². The number of nitrogens with zero attached hydrogens (tertiary/aromatic N) is 2. The highest BCUT2D eigenvalue weighted by molar-refractivity contribution is 5.96. The van der Waals surface area contributed by atoms with Crippen molar-refractivity contribution < 1.29 is 19.1 Å². The van der Waals surface area contributed by atoms with Gasteiger partial charge in [0.15, 0.2) is 5.76 Å². The zero-order chi connectivity index (χ0) is 16.9. The van der Waals surface area contributed by atoms with Crippen LogP contribution in [0.15, 0.2) is 28.7 Å². The van der Waals surface area contributed by atoms with Crippen molar-refractivity contribution in [1.82, 2.24) is 9.80 Å². The van der Waals surface area contributed by atoms with E-state index in [0.29, 0.717) is 24.4 Å². The van der Waals surface area contributed by atoms with Crippen molar-refractivity contribution in [3.63, 3.8) is 0 Å². The van der Waals surface area contributed by atoms with E-state index >= 15 is 0 Å². The first-order valence-electron chi connectivity index (χ1n) is 8.38. The highest BCUT2D eigenvalue weighted by Gasteiger charge is 2.21. The molecule has 1 aliphatic heterocycles. The van der Waals surface area contributed by atoms with E-state index in [0.717, 1.165) is 43.8 Å². The molecule has 0 atom stereocenters. The minimum Gasteiger partial charge on any atom is -0.451 e. The van der Waals surface area contributed by atoms with Crippen molar-refractivity contribution >= 4 is 16.9 Å². The molecular weight excluding hydrogens is 308 g/mol. The molecule has 1 amide bonds. The van der Waals surface area contributed by atoms with Crippen molar-refractivity contribution in [2.75, 3.05) is 52.5 Å². The van der Waals surface area contributed by atoms with Crippen LogP contribution in [0.2, 0.25) is 0 Å². The normalized spacial score (nSPS) is 15.8. The van der Waals surface area contributed by atoms with Crippen molar-refractivity contribution in [2.24, 2.45) is 0 Å². The fraction of sp³-hybridized carbons (Fsp3) is 0.500. The summed E-state index contributed by atoms with van der Waals surface area (Å²) in [5.74, 6) is 0.150. The van der Waals surface area contributed by atoms with Gasteiger partial charge in [-0.15, -0.1) is 0 Å². The van der Waals surface area contributed by atoms with Gasteiger partial charge >= 0.3 is 0 Å². The first-order valence-corrected chi connectivity index (χ1v) is 8.38. The van der Waals surface area contributed by atoms with Crippen LogP contribution in [0.1, 0.15) is 16.1 Å². The molecule has 0 bridgehead atoms. The van der Waals surface area contributed by atoms with E-state index in [-0.39, 0.29) is 12.5 Å². The first-order chi connectivity index (χ1) is 11.7. The second-order valence-corrected chi connectivity index (χ2v) is 6.12. The molecule has 1 fully saturated rings. The molecule has 1 aliphatic rings. The number of furan rings is 1. The number of benzene rings is 1. The van der Waals surface area contributed by atoms with Crippen molar-refractivity contribution in [3.05, 3.63) is 35.6 Å². The van der Waals surface area contributed by atoms with Crippen LogP contribution in [0.3, 0.4) is 0 Å². The minimum atomic E-state index is -0.175. The van der Waals surface area contributed by atoms with Gasteiger partial charge in [0, 0.05) is 38.1 Å². The Bertz CT molecular complexity index is 691. The number of aryl methyl sites for hydroxylation is 1.